The summed E-state index contributed by atoms with van der Waals surface area (Å²) in [6, 6.07) is 5.56. The molecule has 1 N–H and O–H groups in total. The molecular weight excluding hydrogens is 246 g/mol. The number of carbonyl (C=O) groups excluding carboxylic acids is 1. The fourth-order valence-corrected chi connectivity index (χ4v) is 2.14. The Bertz CT molecular complexity index is 512. The molecule has 1 heterocycles. The summed E-state index contributed by atoms with van der Waals surface area (Å²) in [5.74, 6) is -1.16. The zero-order chi connectivity index (χ0) is 14.0. The summed E-state index contributed by atoms with van der Waals surface area (Å²) < 4.78 is 5.12. The van der Waals surface area contributed by atoms with Crippen LogP contribution >= 0.6 is 0 Å². The van der Waals surface area contributed by atoms with Crippen LogP contribution < -0.4 is 0 Å². The molecule has 1 aromatic carbocycles. The standard InChI is InChI=1S/C14H17NO4/c1-9-4-3-5-11(10(9)2)13(16)15-6-7-19-12(8-15)14(17)18/h3-5,12H,6-8H2,1-2H3,(H,17,18)/t12-/m1/s1. The first-order valence-corrected chi connectivity index (χ1v) is 6.20. The fraction of sp³-hybridized carbons (Fsp3) is 0.429. The minimum atomic E-state index is -1.03. The second-order valence-electron chi connectivity index (χ2n) is 4.70. The molecule has 0 radical (unpaired) electrons. The van der Waals surface area contributed by atoms with Crippen LogP contribution in [-0.2, 0) is 9.53 Å². The van der Waals surface area contributed by atoms with Gasteiger partial charge in [0.25, 0.3) is 5.91 Å². The Morgan fingerprint density at radius 1 is 1.37 bits per heavy atom. The van der Waals surface area contributed by atoms with Crippen LogP contribution in [0.2, 0.25) is 0 Å². The normalized spacial score (nSPS) is 19.3. The molecule has 0 spiro atoms. The van der Waals surface area contributed by atoms with E-state index in [9.17, 15) is 9.59 Å². The van der Waals surface area contributed by atoms with E-state index in [1.807, 2.05) is 26.0 Å². The number of benzene rings is 1. The van der Waals surface area contributed by atoms with Gasteiger partial charge in [-0.15, -0.1) is 0 Å². The third-order valence-electron chi connectivity index (χ3n) is 3.46. The van der Waals surface area contributed by atoms with E-state index in [0.717, 1.165) is 11.1 Å². The van der Waals surface area contributed by atoms with Crippen molar-refractivity contribution >= 4 is 11.9 Å². The van der Waals surface area contributed by atoms with Crippen LogP contribution in [0.25, 0.3) is 0 Å². The highest BCUT2D eigenvalue weighted by atomic mass is 16.5. The predicted molar refractivity (Wildman–Crippen MR) is 69.2 cm³/mol. The molecule has 1 atom stereocenters. The molecule has 1 amide bonds. The third-order valence-corrected chi connectivity index (χ3v) is 3.46. The lowest BCUT2D eigenvalue weighted by molar-refractivity contribution is -0.154. The summed E-state index contributed by atoms with van der Waals surface area (Å²) in [7, 11) is 0. The Kier molecular flexibility index (Phi) is 3.85. The maximum atomic E-state index is 12.4. The highest BCUT2D eigenvalue weighted by Gasteiger charge is 2.29. The van der Waals surface area contributed by atoms with Crippen LogP contribution in [0.3, 0.4) is 0 Å². The van der Waals surface area contributed by atoms with E-state index >= 15 is 0 Å². The zero-order valence-corrected chi connectivity index (χ0v) is 11.0. The first-order chi connectivity index (χ1) is 9.00. The molecule has 1 aromatic rings. The van der Waals surface area contributed by atoms with Gasteiger partial charge in [0.2, 0.25) is 0 Å². The summed E-state index contributed by atoms with van der Waals surface area (Å²) in [5, 5.41) is 8.94. The number of nitrogens with zero attached hydrogens (tertiary/aromatic N) is 1. The maximum Gasteiger partial charge on any atom is 0.334 e. The Morgan fingerprint density at radius 3 is 2.79 bits per heavy atom. The smallest absolute Gasteiger partial charge is 0.334 e. The number of rotatable bonds is 2. The number of ether oxygens (including phenoxy) is 1. The number of carboxylic acid groups (broad SMARTS) is 1. The number of aliphatic carboxylic acids is 1. The molecular formula is C14H17NO4. The minimum Gasteiger partial charge on any atom is -0.479 e. The number of hydrogen-bond donors (Lipinski definition) is 1. The summed E-state index contributed by atoms with van der Waals surface area (Å²) >= 11 is 0. The topological polar surface area (TPSA) is 66.8 Å². The van der Waals surface area contributed by atoms with Gasteiger partial charge in [0.1, 0.15) is 0 Å². The monoisotopic (exact) mass is 263 g/mol. The first kappa shape index (κ1) is 13.5. The van der Waals surface area contributed by atoms with Gasteiger partial charge >= 0.3 is 5.97 Å². The van der Waals surface area contributed by atoms with Crippen molar-refractivity contribution in [3.63, 3.8) is 0 Å². The minimum absolute atomic E-state index is 0.0988. The van der Waals surface area contributed by atoms with Crippen LogP contribution in [-0.4, -0.2) is 47.7 Å². The van der Waals surface area contributed by atoms with Gasteiger partial charge in [0.05, 0.1) is 13.2 Å². The van der Waals surface area contributed by atoms with Crippen LogP contribution in [0.5, 0.6) is 0 Å². The van der Waals surface area contributed by atoms with Crippen molar-refractivity contribution in [2.45, 2.75) is 20.0 Å². The van der Waals surface area contributed by atoms with E-state index in [2.05, 4.69) is 0 Å². The van der Waals surface area contributed by atoms with E-state index in [1.54, 1.807) is 11.0 Å². The molecule has 0 bridgehead atoms. The van der Waals surface area contributed by atoms with E-state index in [1.165, 1.54) is 0 Å². The Labute approximate surface area is 111 Å². The Morgan fingerprint density at radius 2 is 2.11 bits per heavy atom. The largest absolute Gasteiger partial charge is 0.479 e. The molecule has 1 aliphatic rings. The molecule has 5 nitrogen and oxygen atoms in total. The molecule has 1 fully saturated rings. The van der Waals surface area contributed by atoms with Gasteiger partial charge in [0, 0.05) is 12.1 Å². The molecule has 1 aliphatic heterocycles. The fourth-order valence-electron chi connectivity index (χ4n) is 2.14. The number of carbonyl (C=O) groups is 2. The van der Waals surface area contributed by atoms with Crippen molar-refractivity contribution in [3.05, 3.63) is 34.9 Å². The number of hydrogen-bond acceptors (Lipinski definition) is 3. The van der Waals surface area contributed by atoms with Crippen LogP contribution in [0.4, 0.5) is 0 Å². The van der Waals surface area contributed by atoms with Crippen LogP contribution in [0.1, 0.15) is 21.5 Å². The lowest BCUT2D eigenvalue weighted by atomic mass is 10.0. The molecule has 0 aromatic heterocycles. The lowest BCUT2D eigenvalue weighted by Crippen LogP contribution is -2.48. The van der Waals surface area contributed by atoms with E-state index in [0.29, 0.717) is 12.1 Å². The molecule has 19 heavy (non-hydrogen) atoms. The van der Waals surface area contributed by atoms with E-state index in [4.69, 9.17) is 9.84 Å². The highest BCUT2D eigenvalue weighted by Crippen LogP contribution is 2.17. The van der Waals surface area contributed by atoms with Crippen molar-refractivity contribution < 1.29 is 19.4 Å². The van der Waals surface area contributed by atoms with Gasteiger partial charge < -0.3 is 14.7 Å². The summed E-state index contributed by atoms with van der Waals surface area (Å²) in [4.78, 5) is 24.9. The SMILES string of the molecule is Cc1cccc(C(=O)N2CCO[C@@H](C(=O)O)C2)c1C. The summed E-state index contributed by atoms with van der Waals surface area (Å²) in [6.07, 6.45) is -0.928. The molecule has 0 unspecified atom stereocenters. The van der Waals surface area contributed by atoms with Crippen molar-refractivity contribution in [2.75, 3.05) is 19.7 Å². The zero-order valence-electron chi connectivity index (χ0n) is 11.0. The predicted octanol–water partition coefficient (Wildman–Crippen LogP) is 1.23. The molecule has 2 rings (SSSR count). The Hall–Kier alpha value is -1.88. The van der Waals surface area contributed by atoms with Crippen molar-refractivity contribution in [3.8, 4) is 0 Å². The number of amides is 1. The van der Waals surface area contributed by atoms with Gasteiger partial charge in [0.15, 0.2) is 6.10 Å². The van der Waals surface area contributed by atoms with Crippen LogP contribution in [0, 0.1) is 13.8 Å². The van der Waals surface area contributed by atoms with Gasteiger partial charge in [-0.1, -0.05) is 12.1 Å². The molecule has 1 saturated heterocycles. The van der Waals surface area contributed by atoms with Crippen molar-refractivity contribution in [1.82, 2.24) is 4.90 Å². The van der Waals surface area contributed by atoms with Gasteiger partial charge in [-0.25, -0.2) is 4.79 Å². The second kappa shape index (κ2) is 5.40. The average Bonchev–Trinajstić information content (AvgIpc) is 2.41. The van der Waals surface area contributed by atoms with Gasteiger partial charge in [-0.3, -0.25) is 4.79 Å². The molecule has 0 aliphatic carbocycles. The number of aryl methyl sites for hydroxylation is 1. The van der Waals surface area contributed by atoms with Crippen molar-refractivity contribution in [2.24, 2.45) is 0 Å². The number of carboxylic acids is 1. The molecule has 5 heteroatoms. The maximum absolute atomic E-state index is 12.4. The third kappa shape index (κ3) is 2.76. The number of morpholine rings is 1. The van der Waals surface area contributed by atoms with Crippen molar-refractivity contribution in [1.29, 1.82) is 0 Å². The average molecular weight is 263 g/mol. The van der Waals surface area contributed by atoms with Crippen LogP contribution in [0.15, 0.2) is 18.2 Å². The Balaban J connectivity index is 2.19. The van der Waals surface area contributed by atoms with Gasteiger partial charge in [-0.2, -0.15) is 0 Å². The second-order valence-corrected chi connectivity index (χ2v) is 4.70. The van der Waals surface area contributed by atoms with Gasteiger partial charge in [-0.05, 0) is 31.0 Å². The quantitative estimate of drug-likeness (QED) is 0.871. The first-order valence-electron chi connectivity index (χ1n) is 6.20. The lowest BCUT2D eigenvalue weighted by Gasteiger charge is -2.31. The highest BCUT2D eigenvalue weighted by molar-refractivity contribution is 5.96. The van der Waals surface area contributed by atoms with E-state index < -0.39 is 12.1 Å². The van der Waals surface area contributed by atoms with E-state index in [-0.39, 0.29) is 19.1 Å². The summed E-state index contributed by atoms with van der Waals surface area (Å²) in [6.45, 7) is 4.63. The summed E-state index contributed by atoms with van der Waals surface area (Å²) in [5.41, 5.74) is 2.62. The molecule has 102 valence electrons. The molecule has 0 saturated carbocycles.